The second kappa shape index (κ2) is 9.43. The van der Waals surface area contributed by atoms with Crippen molar-refractivity contribution in [1.29, 1.82) is 0 Å². The van der Waals surface area contributed by atoms with E-state index in [2.05, 4.69) is 32.4 Å². The maximum atomic E-state index is 5.76. The average Bonchev–Trinajstić information content (AvgIpc) is 3.24. The third-order valence-corrected chi connectivity index (χ3v) is 4.14. The highest BCUT2D eigenvalue weighted by atomic mass is 16.5. The van der Waals surface area contributed by atoms with Gasteiger partial charge in [0.25, 0.3) is 0 Å². The highest BCUT2D eigenvalue weighted by Gasteiger charge is 2.06. The molecule has 0 saturated carbocycles. The quantitative estimate of drug-likeness (QED) is 0.518. The van der Waals surface area contributed by atoms with Crippen LogP contribution in [0.4, 0.5) is 0 Å². The molecule has 0 bridgehead atoms. The van der Waals surface area contributed by atoms with E-state index >= 15 is 0 Å². The number of hydrogen-bond acceptors (Lipinski definition) is 3. The van der Waals surface area contributed by atoms with Crippen molar-refractivity contribution < 1.29 is 4.74 Å². The van der Waals surface area contributed by atoms with Gasteiger partial charge in [0, 0.05) is 33.0 Å². The molecule has 6 heteroatoms. The predicted octanol–water partition coefficient (Wildman–Crippen LogP) is 2.96. The summed E-state index contributed by atoms with van der Waals surface area (Å²) < 4.78 is 7.61. The van der Waals surface area contributed by atoms with Crippen molar-refractivity contribution in [2.45, 2.75) is 6.54 Å². The number of likely N-dealkylation sites (N-methyl/N-ethyl adjacent to an activating group) is 1. The van der Waals surface area contributed by atoms with Gasteiger partial charge in [-0.2, -0.15) is 5.10 Å². The van der Waals surface area contributed by atoms with Crippen LogP contribution in [0.15, 0.2) is 78.0 Å². The Morgan fingerprint density at radius 2 is 2.00 bits per heavy atom. The number of ether oxygens (including phenoxy) is 1. The Hall–Kier alpha value is -3.28. The maximum Gasteiger partial charge on any atom is 0.193 e. The molecule has 0 aliphatic heterocycles. The highest BCUT2D eigenvalue weighted by Crippen LogP contribution is 2.10. The van der Waals surface area contributed by atoms with E-state index in [1.807, 2.05) is 66.5 Å². The zero-order valence-corrected chi connectivity index (χ0v) is 15.7. The molecule has 140 valence electrons. The Morgan fingerprint density at radius 1 is 1.15 bits per heavy atom. The summed E-state index contributed by atoms with van der Waals surface area (Å²) in [4.78, 5) is 6.42. The third kappa shape index (κ3) is 5.34. The van der Waals surface area contributed by atoms with Gasteiger partial charge in [0.05, 0.1) is 12.2 Å². The van der Waals surface area contributed by atoms with Crippen molar-refractivity contribution >= 4 is 5.96 Å². The van der Waals surface area contributed by atoms with E-state index < -0.39 is 0 Å². The number of rotatable bonds is 7. The first-order valence-corrected chi connectivity index (χ1v) is 8.95. The second-order valence-corrected chi connectivity index (χ2v) is 6.10. The summed E-state index contributed by atoms with van der Waals surface area (Å²) >= 11 is 0. The summed E-state index contributed by atoms with van der Waals surface area (Å²) in [5.41, 5.74) is 2.21. The number of nitrogens with one attached hydrogen (secondary N) is 1. The lowest BCUT2D eigenvalue weighted by Crippen LogP contribution is -2.40. The zero-order valence-electron chi connectivity index (χ0n) is 15.7. The number of para-hydroxylation sites is 1. The van der Waals surface area contributed by atoms with E-state index in [1.165, 1.54) is 0 Å². The van der Waals surface area contributed by atoms with Crippen molar-refractivity contribution in [2.75, 3.05) is 27.2 Å². The third-order valence-electron chi connectivity index (χ3n) is 4.14. The summed E-state index contributed by atoms with van der Waals surface area (Å²) in [7, 11) is 3.79. The lowest BCUT2D eigenvalue weighted by atomic mass is 10.2. The van der Waals surface area contributed by atoms with Gasteiger partial charge in [0.1, 0.15) is 12.4 Å². The molecule has 3 rings (SSSR count). The molecule has 1 N–H and O–H groups in total. The van der Waals surface area contributed by atoms with Gasteiger partial charge in [-0.3, -0.25) is 4.99 Å². The molecule has 0 aliphatic rings. The number of aromatic nitrogens is 2. The normalized spacial score (nSPS) is 11.3. The summed E-state index contributed by atoms with van der Waals surface area (Å²) in [5.74, 6) is 1.71. The summed E-state index contributed by atoms with van der Waals surface area (Å²) in [6, 6.07) is 20.0. The van der Waals surface area contributed by atoms with Gasteiger partial charge in [-0.25, -0.2) is 4.68 Å². The van der Waals surface area contributed by atoms with Gasteiger partial charge in [0.15, 0.2) is 5.96 Å². The van der Waals surface area contributed by atoms with Crippen LogP contribution in [0, 0.1) is 0 Å². The first kappa shape index (κ1) is 18.5. The maximum absolute atomic E-state index is 5.76. The van der Waals surface area contributed by atoms with E-state index in [0.29, 0.717) is 13.2 Å². The number of hydrogen-bond donors (Lipinski definition) is 1. The van der Waals surface area contributed by atoms with E-state index in [1.54, 1.807) is 13.2 Å². The molecule has 0 fully saturated rings. The number of guanidine groups is 1. The highest BCUT2D eigenvalue weighted by molar-refractivity contribution is 5.79. The fourth-order valence-electron chi connectivity index (χ4n) is 2.72. The Kier molecular flexibility index (Phi) is 6.46. The molecule has 1 heterocycles. The minimum atomic E-state index is 0.593. The second-order valence-electron chi connectivity index (χ2n) is 6.10. The Morgan fingerprint density at radius 3 is 2.74 bits per heavy atom. The standard InChI is InChI=1S/C21H25N5O/c1-22-21(25(2)14-15-27-20-10-4-3-5-11-20)23-17-18-8-6-9-19(16-18)26-13-7-12-24-26/h3-13,16H,14-15,17H2,1-2H3,(H,22,23). The minimum absolute atomic E-state index is 0.593. The van der Waals surface area contributed by atoms with Gasteiger partial charge in [-0.15, -0.1) is 0 Å². The van der Waals surface area contributed by atoms with Crippen LogP contribution in [0.25, 0.3) is 5.69 Å². The minimum Gasteiger partial charge on any atom is -0.492 e. The molecule has 3 aromatic rings. The largest absolute Gasteiger partial charge is 0.492 e. The van der Waals surface area contributed by atoms with E-state index in [-0.39, 0.29) is 0 Å². The lowest BCUT2D eigenvalue weighted by molar-refractivity contribution is 0.281. The molecule has 0 aliphatic carbocycles. The van der Waals surface area contributed by atoms with Crippen LogP contribution < -0.4 is 10.1 Å². The van der Waals surface area contributed by atoms with E-state index in [9.17, 15) is 0 Å². The van der Waals surface area contributed by atoms with Gasteiger partial charge >= 0.3 is 0 Å². The molecule has 27 heavy (non-hydrogen) atoms. The van der Waals surface area contributed by atoms with Crippen LogP contribution in [-0.2, 0) is 6.54 Å². The van der Waals surface area contributed by atoms with E-state index in [0.717, 1.165) is 29.5 Å². The molecular weight excluding hydrogens is 338 g/mol. The average molecular weight is 363 g/mol. The fraction of sp³-hybridized carbons (Fsp3) is 0.238. The smallest absolute Gasteiger partial charge is 0.193 e. The van der Waals surface area contributed by atoms with Crippen LogP contribution in [-0.4, -0.2) is 47.9 Å². The van der Waals surface area contributed by atoms with Crippen LogP contribution in [0.5, 0.6) is 5.75 Å². The molecular formula is C21H25N5O. The topological polar surface area (TPSA) is 54.7 Å². The van der Waals surface area contributed by atoms with Crippen LogP contribution >= 0.6 is 0 Å². The van der Waals surface area contributed by atoms with Gasteiger partial charge in [-0.1, -0.05) is 30.3 Å². The molecule has 0 saturated heterocycles. The molecule has 0 atom stereocenters. The summed E-state index contributed by atoms with van der Waals surface area (Å²) in [6.07, 6.45) is 3.71. The zero-order chi connectivity index (χ0) is 18.9. The molecule has 2 aromatic carbocycles. The van der Waals surface area contributed by atoms with Gasteiger partial charge in [0.2, 0.25) is 0 Å². The molecule has 1 aromatic heterocycles. The molecule has 0 spiro atoms. The van der Waals surface area contributed by atoms with Crippen LogP contribution in [0.3, 0.4) is 0 Å². The van der Waals surface area contributed by atoms with Crippen LogP contribution in [0.2, 0.25) is 0 Å². The Balaban J connectivity index is 1.50. The van der Waals surface area contributed by atoms with Gasteiger partial charge in [-0.05, 0) is 35.9 Å². The monoisotopic (exact) mass is 363 g/mol. The molecule has 0 unspecified atom stereocenters. The SMILES string of the molecule is CN=C(NCc1cccc(-n2cccn2)c1)N(C)CCOc1ccccc1. The summed E-state index contributed by atoms with van der Waals surface area (Å²) in [5, 5.41) is 7.67. The molecule has 6 nitrogen and oxygen atoms in total. The fourth-order valence-corrected chi connectivity index (χ4v) is 2.72. The first-order chi connectivity index (χ1) is 13.3. The first-order valence-electron chi connectivity index (χ1n) is 8.95. The van der Waals surface area contributed by atoms with Crippen molar-refractivity contribution in [3.05, 3.63) is 78.6 Å². The van der Waals surface area contributed by atoms with E-state index in [4.69, 9.17) is 4.74 Å². The summed E-state index contributed by atoms with van der Waals surface area (Å²) in [6.45, 7) is 2.02. The molecule has 0 amide bonds. The van der Waals surface area contributed by atoms with Crippen molar-refractivity contribution in [3.63, 3.8) is 0 Å². The van der Waals surface area contributed by atoms with Crippen molar-refractivity contribution in [1.82, 2.24) is 20.0 Å². The van der Waals surface area contributed by atoms with Crippen molar-refractivity contribution in [2.24, 2.45) is 4.99 Å². The number of nitrogens with zero attached hydrogens (tertiary/aromatic N) is 4. The Bertz CT molecular complexity index is 846. The van der Waals surface area contributed by atoms with Crippen LogP contribution in [0.1, 0.15) is 5.56 Å². The Labute approximate surface area is 160 Å². The van der Waals surface area contributed by atoms with Crippen molar-refractivity contribution in [3.8, 4) is 11.4 Å². The number of benzene rings is 2. The van der Waals surface area contributed by atoms with Gasteiger partial charge < -0.3 is 15.0 Å². The number of aliphatic imine (C=N–C) groups is 1. The predicted molar refractivity (Wildman–Crippen MR) is 108 cm³/mol. The molecule has 0 radical (unpaired) electrons. The lowest BCUT2D eigenvalue weighted by Gasteiger charge is -2.22.